The Morgan fingerprint density at radius 3 is 2.76 bits per heavy atom. The zero-order valence-corrected chi connectivity index (χ0v) is 12.1. The quantitative estimate of drug-likeness (QED) is 0.912. The molecule has 1 aromatic carbocycles. The van der Waals surface area contributed by atoms with E-state index in [1.54, 1.807) is 16.5 Å². The Kier molecular flexibility index (Phi) is 3.43. The van der Waals surface area contributed by atoms with Crippen LogP contribution in [0.25, 0.3) is 11.3 Å². The van der Waals surface area contributed by atoms with E-state index >= 15 is 0 Å². The molecule has 108 valence electrons. The fourth-order valence-corrected chi connectivity index (χ4v) is 2.31. The number of anilines is 1. The van der Waals surface area contributed by atoms with Crippen LogP contribution in [-0.2, 0) is 11.8 Å². The van der Waals surface area contributed by atoms with E-state index in [4.69, 9.17) is 0 Å². The van der Waals surface area contributed by atoms with E-state index in [1.165, 1.54) is 0 Å². The van der Waals surface area contributed by atoms with Gasteiger partial charge in [0.15, 0.2) is 0 Å². The van der Waals surface area contributed by atoms with Gasteiger partial charge in [-0.3, -0.25) is 19.4 Å². The standard InChI is InChI=1S/C15H17N5O/c1-11(21)20-9-8-16-15(20)17-14-10-13(18-19(14)2)12-6-4-3-5-7-12/h3-7,10H,8-9H2,1-2H3,(H,16,17). The van der Waals surface area contributed by atoms with Crippen LogP contribution in [0, 0.1) is 0 Å². The smallest absolute Gasteiger partial charge is 0.226 e. The fourth-order valence-electron chi connectivity index (χ4n) is 2.31. The predicted molar refractivity (Wildman–Crippen MR) is 82.0 cm³/mol. The van der Waals surface area contributed by atoms with E-state index in [0.29, 0.717) is 19.0 Å². The highest BCUT2D eigenvalue weighted by atomic mass is 16.2. The van der Waals surface area contributed by atoms with Crippen LogP contribution in [0.4, 0.5) is 5.82 Å². The van der Waals surface area contributed by atoms with Gasteiger partial charge in [-0.05, 0) is 0 Å². The van der Waals surface area contributed by atoms with Crippen molar-refractivity contribution in [2.75, 3.05) is 18.4 Å². The zero-order valence-electron chi connectivity index (χ0n) is 12.1. The van der Waals surface area contributed by atoms with Crippen LogP contribution in [0.5, 0.6) is 0 Å². The average Bonchev–Trinajstić information content (AvgIpc) is 3.08. The maximum atomic E-state index is 11.5. The molecule has 6 heteroatoms. The minimum Gasteiger partial charge on any atom is -0.311 e. The largest absolute Gasteiger partial charge is 0.311 e. The number of guanidine groups is 1. The summed E-state index contributed by atoms with van der Waals surface area (Å²) in [6.45, 7) is 2.80. The summed E-state index contributed by atoms with van der Waals surface area (Å²) in [4.78, 5) is 17.5. The molecule has 0 unspecified atom stereocenters. The van der Waals surface area contributed by atoms with Crippen LogP contribution in [0.2, 0.25) is 0 Å². The Morgan fingerprint density at radius 2 is 2.05 bits per heavy atom. The number of carbonyl (C=O) groups is 1. The molecule has 21 heavy (non-hydrogen) atoms. The molecular weight excluding hydrogens is 266 g/mol. The normalized spacial score (nSPS) is 14.2. The zero-order chi connectivity index (χ0) is 14.8. The lowest BCUT2D eigenvalue weighted by Crippen LogP contribution is -2.37. The topological polar surface area (TPSA) is 62.5 Å². The van der Waals surface area contributed by atoms with E-state index in [1.807, 2.05) is 43.4 Å². The second-order valence-corrected chi connectivity index (χ2v) is 4.91. The fraction of sp³-hybridized carbons (Fsp3) is 0.267. The van der Waals surface area contributed by atoms with Crippen molar-refractivity contribution in [2.24, 2.45) is 12.0 Å². The molecule has 0 radical (unpaired) electrons. The molecule has 0 aliphatic carbocycles. The molecular formula is C15H17N5O. The minimum absolute atomic E-state index is 0.01000. The monoisotopic (exact) mass is 283 g/mol. The third kappa shape index (κ3) is 2.65. The molecule has 3 rings (SSSR count). The van der Waals surface area contributed by atoms with Crippen LogP contribution >= 0.6 is 0 Å². The summed E-state index contributed by atoms with van der Waals surface area (Å²) >= 11 is 0. The summed E-state index contributed by atoms with van der Waals surface area (Å²) in [6, 6.07) is 11.9. The number of nitrogens with zero attached hydrogens (tertiary/aromatic N) is 4. The Balaban J connectivity index is 1.84. The van der Waals surface area contributed by atoms with Crippen molar-refractivity contribution < 1.29 is 4.79 Å². The molecule has 1 aromatic heterocycles. The molecule has 0 saturated heterocycles. The van der Waals surface area contributed by atoms with Crippen molar-refractivity contribution in [1.82, 2.24) is 14.7 Å². The van der Waals surface area contributed by atoms with Gasteiger partial charge in [0.1, 0.15) is 5.82 Å². The van der Waals surface area contributed by atoms with Crippen molar-refractivity contribution in [3.8, 4) is 11.3 Å². The second-order valence-electron chi connectivity index (χ2n) is 4.91. The van der Waals surface area contributed by atoms with Crippen molar-refractivity contribution in [2.45, 2.75) is 6.92 Å². The summed E-state index contributed by atoms with van der Waals surface area (Å²) < 4.78 is 1.75. The molecule has 0 fully saturated rings. The van der Waals surface area contributed by atoms with Crippen molar-refractivity contribution >= 4 is 17.7 Å². The van der Waals surface area contributed by atoms with Crippen LogP contribution in [0.1, 0.15) is 6.92 Å². The van der Waals surface area contributed by atoms with Crippen LogP contribution in [-0.4, -0.2) is 39.6 Å². The highest BCUT2D eigenvalue weighted by molar-refractivity contribution is 6.04. The lowest BCUT2D eigenvalue weighted by molar-refractivity contribution is -0.124. The lowest BCUT2D eigenvalue weighted by atomic mass is 10.2. The van der Waals surface area contributed by atoms with E-state index < -0.39 is 0 Å². The molecule has 1 N–H and O–H groups in total. The number of rotatable bonds is 2. The van der Waals surface area contributed by atoms with Gasteiger partial charge in [-0.2, -0.15) is 5.10 Å². The Labute approximate surface area is 123 Å². The molecule has 2 heterocycles. The number of amides is 1. The molecule has 0 bridgehead atoms. The van der Waals surface area contributed by atoms with Gasteiger partial charge >= 0.3 is 0 Å². The van der Waals surface area contributed by atoms with Crippen LogP contribution < -0.4 is 5.32 Å². The molecule has 0 saturated carbocycles. The maximum Gasteiger partial charge on any atom is 0.226 e. The first-order valence-corrected chi connectivity index (χ1v) is 6.84. The van der Waals surface area contributed by atoms with Crippen molar-refractivity contribution in [3.63, 3.8) is 0 Å². The number of benzene rings is 1. The summed E-state index contributed by atoms with van der Waals surface area (Å²) in [5.41, 5.74) is 1.94. The van der Waals surface area contributed by atoms with Gasteiger partial charge in [-0.25, -0.2) is 0 Å². The first-order chi connectivity index (χ1) is 10.1. The number of hydrogen-bond acceptors (Lipinski definition) is 4. The van der Waals surface area contributed by atoms with Crippen LogP contribution in [0.15, 0.2) is 41.4 Å². The number of carbonyl (C=O) groups excluding carboxylic acids is 1. The predicted octanol–water partition coefficient (Wildman–Crippen LogP) is 1.72. The van der Waals surface area contributed by atoms with Gasteiger partial charge in [-0.1, -0.05) is 30.3 Å². The highest BCUT2D eigenvalue weighted by Gasteiger charge is 2.21. The summed E-state index contributed by atoms with van der Waals surface area (Å²) in [5, 5.41) is 7.67. The molecule has 1 amide bonds. The van der Waals surface area contributed by atoms with E-state index in [9.17, 15) is 4.79 Å². The van der Waals surface area contributed by atoms with Gasteiger partial charge in [-0.15, -0.1) is 0 Å². The molecule has 6 nitrogen and oxygen atoms in total. The SMILES string of the molecule is CC(=O)N1CCN=C1Nc1cc(-c2ccccc2)nn1C. The molecule has 2 aromatic rings. The number of hydrogen-bond donors (Lipinski definition) is 1. The Hall–Kier alpha value is -2.63. The maximum absolute atomic E-state index is 11.5. The number of aromatic nitrogens is 2. The summed E-state index contributed by atoms with van der Waals surface area (Å²) in [7, 11) is 1.86. The number of aliphatic imine (C=N–C) groups is 1. The average molecular weight is 283 g/mol. The van der Waals surface area contributed by atoms with Crippen LogP contribution in [0.3, 0.4) is 0 Å². The molecule has 0 atom stereocenters. The van der Waals surface area contributed by atoms with Gasteiger partial charge in [0.25, 0.3) is 0 Å². The third-order valence-corrected chi connectivity index (χ3v) is 3.41. The first kappa shape index (κ1) is 13.4. The van der Waals surface area contributed by atoms with E-state index in [2.05, 4.69) is 15.4 Å². The molecule has 0 spiro atoms. The summed E-state index contributed by atoms with van der Waals surface area (Å²) in [5.74, 6) is 1.38. The highest BCUT2D eigenvalue weighted by Crippen LogP contribution is 2.21. The number of nitrogens with one attached hydrogen (secondary N) is 1. The van der Waals surface area contributed by atoms with E-state index in [-0.39, 0.29) is 5.91 Å². The Bertz CT molecular complexity index is 689. The van der Waals surface area contributed by atoms with Gasteiger partial charge in [0.2, 0.25) is 11.9 Å². The third-order valence-electron chi connectivity index (χ3n) is 3.41. The molecule has 1 aliphatic heterocycles. The van der Waals surface area contributed by atoms with Crippen molar-refractivity contribution in [1.29, 1.82) is 0 Å². The minimum atomic E-state index is -0.01000. The first-order valence-electron chi connectivity index (χ1n) is 6.84. The Morgan fingerprint density at radius 1 is 1.29 bits per heavy atom. The van der Waals surface area contributed by atoms with Gasteiger partial charge < -0.3 is 5.32 Å². The van der Waals surface area contributed by atoms with Gasteiger partial charge in [0, 0.05) is 32.1 Å². The second kappa shape index (κ2) is 5.40. The summed E-state index contributed by atoms with van der Waals surface area (Å²) in [6.07, 6.45) is 0. The molecule has 1 aliphatic rings. The lowest BCUT2D eigenvalue weighted by Gasteiger charge is -2.16. The van der Waals surface area contributed by atoms with Crippen molar-refractivity contribution in [3.05, 3.63) is 36.4 Å². The van der Waals surface area contributed by atoms with E-state index in [0.717, 1.165) is 17.1 Å². The number of aryl methyl sites for hydroxylation is 1. The van der Waals surface area contributed by atoms with Gasteiger partial charge in [0.05, 0.1) is 12.2 Å².